The van der Waals surface area contributed by atoms with Crippen molar-refractivity contribution in [3.8, 4) is 16.9 Å². The fourth-order valence-corrected chi connectivity index (χ4v) is 2.35. The second kappa shape index (κ2) is 9.52. The van der Waals surface area contributed by atoms with E-state index in [2.05, 4.69) is 5.32 Å². The Morgan fingerprint density at radius 3 is 2.04 bits per heavy atom. The van der Waals surface area contributed by atoms with E-state index >= 15 is 0 Å². The van der Waals surface area contributed by atoms with Gasteiger partial charge in [-0.2, -0.15) is 0 Å². The van der Waals surface area contributed by atoms with Crippen LogP contribution in [0.2, 0.25) is 0 Å². The Hall–Kier alpha value is -3.15. The van der Waals surface area contributed by atoms with Gasteiger partial charge in [0, 0.05) is 13.5 Å². The molecule has 0 bridgehead atoms. The van der Waals surface area contributed by atoms with Crippen molar-refractivity contribution in [3.05, 3.63) is 54.1 Å². The number of rotatable bonds is 7. The summed E-state index contributed by atoms with van der Waals surface area (Å²) >= 11 is 0. The maximum absolute atomic E-state index is 12.2. The van der Waals surface area contributed by atoms with E-state index in [0.29, 0.717) is 17.9 Å². The summed E-state index contributed by atoms with van der Waals surface area (Å²) in [7, 11) is 0. The van der Waals surface area contributed by atoms with E-state index in [9.17, 15) is 14.4 Å². The van der Waals surface area contributed by atoms with E-state index in [1.807, 2.05) is 19.1 Å². The zero-order valence-electron chi connectivity index (χ0n) is 15.7. The lowest BCUT2D eigenvalue weighted by atomic mass is 10.0. The highest BCUT2D eigenvalue weighted by atomic mass is 16.5. The standard InChI is InChI=1S/C21H23NO5/c1-4-13-22-20(24)14(2)26-21(25)18-7-5-16(6-8-18)17-9-11-19(12-10-17)27-15(3)23/h5-12,14H,4,13H2,1-3H3,(H,22,24)/t14-/m0/s1. The molecule has 0 radical (unpaired) electrons. The first-order valence-corrected chi connectivity index (χ1v) is 8.78. The highest BCUT2D eigenvalue weighted by molar-refractivity contribution is 5.92. The second-order valence-corrected chi connectivity index (χ2v) is 6.03. The normalized spacial score (nSPS) is 11.4. The molecular formula is C21H23NO5. The lowest BCUT2D eigenvalue weighted by Crippen LogP contribution is -2.36. The van der Waals surface area contributed by atoms with Gasteiger partial charge in [0.1, 0.15) is 5.75 Å². The largest absolute Gasteiger partial charge is 0.449 e. The zero-order valence-corrected chi connectivity index (χ0v) is 15.7. The summed E-state index contributed by atoms with van der Waals surface area (Å²) in [5, 5.41) is 2.69. The predicted octanol–water partition coefficient (Wildman–Crippen LogP) is 3.35. The number of carbonyl (C=O) groups is 3. The zero-order chi connectivity index (χ0) is 19.8. The number of amides is 1. The summed E-state index contributed by atoms with van der Waals surface area (Å²) in [6.07, 6.45) is -0.0343. The summed E-state index contributed by atoms with van der Waals surface area (Å²) in [4.78, 5) is 34.9. The average molecular weight is 369 g/mol. The molecule has 1 atom stereocenters. The Kier molecular flexibility index (Phi) is 7.11. The first kappa shape index (κ1) is 20.2. The van der Waals surface area contributed by atoms with Gasteiger partial charge in [-0.1, -0.05) is 31.2 Å². The smallest absolute Gasteiger partial charge is 0.338 e. The van der Waals surface area contributed by atoms with Crippen molar-refractivity contribution in [2.45, 2.75) is 33.3 Å². The molecule has 0 saturated carbocycles. The molecule has 0 saturated heterocycles. The van der Waals surface area contributed by atoms with Gasteiger partial charge in [0.05, 0.1) is 5.56 Å². The molecule has 0 fully saturated rings. The molecule has 0 spiro atoms. The van der Waals surface area contributed by atoms with Crippen LogP contribution < -0.4 is 10.1 Å². The molecule has 0 heterocycles. The average Bonchev–Trinajstić information content (AvgIpc) is 2.66. The molecule has 2 aromatic carbocycles. The first-order valence-electron chi connectivity index (χ1n) is 8.78. The topological polar surface area (TPSA) is 81.7 Å². The van der Waals surface area contributed by atoms with Gasteiger partial charge in [0.25, 0.3) is 5.91 Å². The molecular weight excluding hydrogens is 346 g/mol. The molecule has 6 heteroatoms. The molecule has 0 aliphatic heterocycles. The molecule has 27 heavy (non-hydrogen) atoms. The van der Waals surface area contributed by atoms with E-state index in [0.717, 1.165) is 17.5 Å². The van der Waals surface area contributed by atoms with Crippen LogP contribution in [0.5, 0.6) is 5.75 Å². The van der Waals surface area contributed by atoms with Crippen molar-refractivity contribution in [2.24, 2.45) is 0 Å². The van der Waals surface area contributed by atoms with Gasteiger partial charge in [-0.15, -0.1) is 0 Å². The third-order valence-electron chi connectivity index (χ3n) is 3.77. The van der Waals surface area contributed by atoms with Crippen LogP contribution in [0.25, 0.3) is 11.1 Å². The number of ether oxygens (including phenoxy) is 2. The first-order chi connectivity index (χ1) is 12.9. The lowest BCUT2D eigenvalue weighted by molar-refractivity contribution is -0.132. The summed E-state index contributed by atoms with van der Waals surface area (Å²) in [6.45, 7) is 5.38. The number of benzene rings is 2. The Bertz CT molecular complexity index is 796. The molecule has 1 N–H and O–H groups in total. The lowest BCUT2D eigenvalue weighted by Gasteiger charge is -2.13. The minimum absolute atomic E-state index is 0.310. The summed E-state index contributed by atoms with van der Waals surface area (Å²) in [5.41, 5.74) is 2.18. The van der Waals surface area contributed by atoms with Crippen LogP contribution >= 0.6 is 0 Å². The van der Waals surface area contributed by atoms with Crippen molar-refractivity contribution >= 4 is 17.8 Å². The molecule has 2 aromatic rings. The van der Waals surface area contributed by atoms with Crippen molar-refractivity contribution in [3.63, 3.8) is 0 Å². The quantitative estimate of drug-likeness (QED) is 0.598. The van der Waals surface area contributed by atoms with Crippen molar-refractivity contribution in [1.29, 1.82) is 0 Å². The van der Waals surface area contributed by atoms with Crippen LogP contribution in [-0.2, 0) is 14.3 Å². The maximum atomic E-state index is 12.2. The molecule has 142 valence electrons. The minimum Gasteiger partial charge on any atom is -0.449 e. The molecule has 0 aromatic heterocycles. The number of carbonyl (C=O) groups excluding carboxylic acids is 3. The van der Waals surface area contributed by atoms with Crippen LogP contribution in [-0.4, -0.2) is 30.5 Å². The summed E-state index contributed by atoms with van der Waals surface area (Å²) in [6, 6.07) is 13.9. The van der Waals surface area contributed by atoms with Gasteiger partial charge >= 0.3 is 11.9 Å². The monoisotopic (exact) mass is 369 g/mol. The molecule has 1 amide bonds. The Morgan fingerprint density at radius 2 is 1.52 bits per heavy atom. The highest BCUT2D eigenvalue weighted by Crippen LogP contribution is 2.23. The van der Waals surface area contributed by atoms with Gasteiger partial charge < -0.3 is 14.8 Å². The van der Waals surface area contributed by atoms with Gasteiger partial charge in [-0.25, -0.2) is 4.79 Å². The van der Waals surface area contributed by atoms with Crippen LogP contribution in [0.1, 0.15) is 37.6 Å². The summed E-state index contributed by atoms with van der Waals surface area (Å²) < 4.78 is 10.2. The van der Waals surface area contributed by atoms with Gasteiger partial charge in [0.2, 0.25) is 0 Å². The Labute approximate surface area is 158 Å². The van der Waals surface area contributed by atoms with Gasteiger partial charge in [0.15, 0.2) is 6.10 Å². The Balaban J connectivity index is 2.00. The molecule has 0 aliphatic rings. The van der Waals surface area contributed by atoms with Crippen LogP contribution in [0.15, 0.2) is 48.5 Å². The highest BCUT2D eigenvalue weighted by Gasteiger charge is 2.18. The van der Waals surface area contributed by atoms with Crippen LogP contribution in [0.3, 0.4) is 0 Å². The molecule has 0 aliphatic carbocycles. The molecule has 2 rings (SSSR count). The SMILES string of the molecule is CCCNC(=O)[C@H](C)OC(=O)c1ccc(-c2ccc(OC(C)=O)cc2)cc1. The fourth-order valence-electron chi connectivity index (χ4n) is 2.35. The summed E-state index contributed by atoms with van der Waals surface area (Å²) in [5.74, 6) is -0.759. The van der Waals surface area contributed by atoms with Crippen LogP contribution in [0, 0.1) is 0 Å². The number of nitrogens with one attached hydrogen (secondary N) is 1. The van der Waals surface area contributed by atoms with E-state index < -0.39 is 12.1 Å². The number of esters is 2. The molecule has 0 unspecified atom stereocenters. The van der Waals surface area contributed by atoms with Crippen LogP contribution in [0.4, 0.5) is 0 Å². The third kappa shape index (κ3) is 5.95. The molecule has 6 nitrogen and oxygen atoms in total. The van der Waals surface area contributed by atoms with Crippen molar-refractivity contribution in [1.82, 2.24) is 5.32 Å². The van der Waals surface area contributed by atoms with Gasteiger partial charge in [-0.3, -0.25) is 9.59 Å². The second-order valence-electron chi connectivity index (χ2n) is 6.03. The number of hydrogen-bond donors (Lipinski definition) is 1. The van der Waals surface area contributed by atoms with E-state index in [-0.39, 0.29) is 11.9 Å². The van der Waals surface area contributed by atoms with Crippen molar-refractivity contribution in [2.75, 3.05) is 6.54 Å². The number of hydrogen-bond acceptors (Lipinski definition) is 5. The van der Waals surface area contributed by atoms with Crippen molar-refractivity contribution < 1.29 is 23.9 Å². The third-order valence-corrected chi connectivity index (χ3v) is 3.77. The van der Waals surface area contributed by atoms with E-state index in [1.165, 1.54) is 6.92 Å². The van der Waals surface area contributed by atoms with E-state index in [1.54, 1.807) is 43.3 Å². The van der Waals surface area contributed by atoms with Gasteiger partial charge in [-0.05, 0) is 48.7 Å². The Morgan fingerprint density at radius 1 is 0.963 bits per heavy atom. The minimum atomic E-state index is -0.849. The fraction of sp³-hybridized carbons (Fsp3) is 0.286. The predicted molar refractivity (Wildman–Crippen MR) is 101 cm³/mol. The van der Waals surface area contributed by atoms with E-state index in [4.69, 9.17) is 9.47 Å². The maximum Gasteiger partial charge on any atom is 0.338 e.